The van der Waals surface area contributed by atoms with Gasteiger partial charge in [-0.25, -0.2) is 0 Å². The lowest BCUT2D eigenvalue weighted by Gasteiger charge is -2.18. The smallest absolute Gasteiger partial charge is 0.119 e. The van der Waals surface area contributed by atoms with Crippen molar-refractivity contribution in [1.82, 2.24) is 4.90 Å². The molecule has 3 aromatic carbocycles. The minimum absolute atomic E-state index is 0.276. The second-order valence-corrected chi connectivity index (χ2v) is 7.25. The van der Waals surface area contributed by atoms with Crippen molar-refractivity contribution in [3.8, 4) is 11.5 Å². The molecule has 0 heterocycles. The van der Waals surface area contributed by atoms with Crippen LogP contribution >= 0.6 is 0 Å². The summed E-state index contributed by atoms with van der Waals surface area (Å²) >= 11 is 0. The molecule has 0 aliphatic heterocycles. The fraction of sp³-hybridized carbons (Fsp3) is 0.259. The second kappa shape index (κ2) is 11.2. The van der Waals surface area contributed by atoms with E-state index in [0.717, 1.165) is 48.5 Å². The van der Waals surface area contributed by atoms with Crippen molar-refractivity contribution in [3.63, 3.8) is 0 Å². The lowest BCUT2D eigenvalue weighted by atomic mass is 9.95. The molecule has 0 amide bonds. The zero-order valence-corrected chi connectivity index (χ0v) is 17.9. The Balaban J connectivity index is 1.76. The molecule has 0 atom stereocenters. The number of ether oxygens (including phenoxy) is 1. The molecule has 0 fully saturated rings. The maximum absolute atomic E-state index is 9.67. The van der Waals surface area contributed by atoms with Gasteiger partial charge in [0, 0.05) is 6.54 Å². The Bertz CT molecular complexity index is 911. The molecule has 0 bridgehead atoms. The highest BCUT2D eigenvalue weighted by atomic mass is 16.5. The van der Waals surface area contributed by atoms with E-state index in [1.165, 1.54) is 5.56 Å². The average Bonchev–Trinajstić information content (AvgIpc) is 2.79. The molecule has 0 aliphatic rings. The van der Waals surface area contributed by atoms with Crippen LogP contribution in [-0.4, -0.2) is 36.2 Å². The molecule has 3 aromatic rings. The van der Waals surface area contributed by atoms with Crippen LogP contribution in [0, 0.1) is 0 Å². The molecule has 0 radical (unpaired) electrons. The molecular formula is C27H31NO2. The number of aromatic hydroxyl groups is 1. The Morgan fingerprint density at radius 3 is 2.03 bits per heavy atom. The summed E-state index contributed by atoms with van der Waals surface area (Å²) in [5.41, 5.74) is 4.63. The number of phenolic OH excluding ortho intramolecular Hbond substituents is 1. The van der Waals surface area contributed by atoms with Crippen LogP contribution in [0.3, 0.4) is 0 Å². The quantitative estimate of drug-likeness (QED) is 0.467. The van der Waals surface area contributed by atoms with Gasteiger partial charge in [0.2, 0.25) is 0 Å². The third-order valence-corrected chi connectivity index (χ3v) is 5.30. The molecular weight excluding hydrogens is 370 g/mol. The van der Waals surface area contributed by atoms with E-state index >= 15 is 0 Å². The van der Waals surface area contributed by atoms with Gasteiger partial charge in [0.25, 0.3) is 0 Å². The number of hydrogen-bond acceptors (Lipinski definition) is 3. The minimum atomic E-state index is 0.276. The summed E-state index contributed by atoms with van der Waals surface area (Å²) in [6.07, 6.45) is 3.09. The number of benzene rings is 3. The van der Waals surface area contributed by atoms with Gasteiger partial charge in [-0.05, 0) is 66.0 Å². The van der Waals surface area contributed by atoms with Crippen molar-refractivity contribution >= 4 is 5.57 Å². The Hall–Kier alpha value is -3.04. The molecule has 3 heteroatoms. The van der Waals surface area contributed by atoms with Crippen molar-refractivity contribution in [2.75, 3.05) is 26.2 Å². The summed E-state index contributed by atoms with van der Waals surface area (Å²) in [5.74, 6) is 1.16. The van der Waals surface area contributed by atoms with Crippen LogP contribution in [0.2, 0.25) is 0 Å². The zero-order chi connectivity index (χ0) is 21.2. The first kappa shape index (κ1) is 21.7. The van der Waals surface area contributed by atoms with Gasteiger partial charge in [0.05, 0.1) is 0 Å². The maximum Gasteiger partial charge on any atom is 0.119 e. The molecule has 156 valence electrons. The van der Waals surface area contributed by atoms with E-state index < -0.39 is 0 Å². The normalized spacial score (nSPS) is 11.6. The lowest BCUT2D eigenvalue weighted by Crippen LogP contribution is -2.27. The number of rotatable bonds is 10. The van der Waals surface area contributed by atoms with Crippen LogP contribution in [-0.2, 0) is 6.42 Å². The predicted octanol–water partition coefficient (Wildman–Crippen LogP) is 5.79. The Morgan fingerprint density at radius 1 is 0.833 bits per heavy atom. The number of hydrogen-bond donors (Lipinski definition) is 1. The summed E-state index contributed by atoms with van der Waals surface area (Å²) in [6.45, 7) is 8.05. The van der Waals surface area contributed by atoms with E-state index in [9.17, 15) is 5.11 Å². The molecule has 3 rings (SSSR count). The van der Waals surface area contributed by atoms with Crippen LogP contribution in [0.5, 0.6) is 11.5 Å². The molecule has 0 saturated carbocycles. The van der Waals surface area contributed by atoms with Gasteiger partial charge in [0.1, 0.15) is 18.1 Å². The van der Waals surface area contributed by atoms with E-state index in [1.54, 1.807) is 12.1 Å². The van der Waals surface area contributed by atoms with Crippen molar-refractivity contribution in [3.05, 3.63) is 102 Å². The van der Waals surface area contributed by atoms with Crippen LogP contribution in [0.1, 0.15) is 30.5 Å². The first-order valence-corrected chi connectivity index (χ1v) is 10.7. The summed E-state index contributed by atoms with van der Waals surface area (Å²) in [4.78, 5) is 2.35. The Kier molecular flexibility index (Phi) is 8.10. The summed E-state index contributed by atoms with van der Waals surface area (Å²) in [6, 6.07) is 26.1. The topological polar surface area (TPSA) is 32.7 Å². The van der Waals surface area contributed by atoms with E-state index in [4.69, 9.17) is 4.74 Å². The summed E-state index contributed by atoms with van der Waals surface area (Å²) < 4.78 is 5.93. The molecule has 0 spiro atoms. The summed E-state index contributed by atoms with van der Waals surface area (Å²) in [7, 11) is 0. The van der Waals surface area contributed by atoms with E-state index in [1.807, 2.05) is 30.3 Å². The standard InChI is InChI=1S/C27H31NO2/c1-3-28(4-2)20-21-30-26-17-13-24(14-18-26)27(23-11-15-25(29)16-12-23)19-10-22-8-6-5-7-9-22/h5-9,11-19,29H,3-4,10,20-21H2,1-2H3/b27-19-. The van der Waals surface area contributed by atoms with Gasteiger partial charge in [-0.1, -0.05) is 74.5 Å². The highest BCUT2D eigenvalue weighted by molar-refractivity contribution is 5.80. The minimum Gasteiger partial charge on any atom is -0.508 e. The molecule has 0 saturated heterocycles. The summed E-state index contributed by atoms with van der Waals surface area (Å²) in [5, 5.41) is 9.67. The van der Waals surface area contributed by atoms with Crippen molar-refractivity contribution < 1.29 is 9.84 Å². The van der Waals surface area contributed by atoms with Gasteiger partial charge >= 0.3 is 0 Å². The number of likely N-dealkylation sites (N-methyl/N-ethyl adjacent to an activating group) is 1. The van der Waals surface area contributed by atoms with E-state index in [-0.39, 0.29) is 5.75 Å². The SMILES string of the molecule is CCN(CC)CCOc1ccc(/C(=C\Cc2ccccc2)c2ccc(O)cc2)cc1. The zero-order valence-electron chi connectivity index (χ0n) is 17.9. The lowest BCUT2D eigenvalue weighted by molar-refractivity contribution is 0.223. The fourth-order valence-electron chi connectivity index (χ4n) is 3.44. The van der Waals surface area contributed by atoms with Gasteiger partial charge in [0.15, 0.2) is 0 Å². The van der Waals surface area contributed by atoms with Gasteiger partial charge in [-0.15, -0.1) is 0 Å². The van der Waals surface area contributed by atoms with Gasteiger partial charge < -0.3 is 14.7 Å². The van der Waals surface area contributed by atoms with E-state index in [0.29, 0.717) is 6.61 Å². The molecule has 0 aromatic heterocycles. The maximum atomic E-state index is 9.67. The first-order valence-electron chi connectivity index (χ1n) is 10.7. The average molecular weight is 402 g/mol. The third-order valence-electron chi connectivity index (χ3n) is 5.30. The van der Waals surface area contributed by atoms with Crippen molar-refractivity contribution in [2.24, 2.45) is 0 Å². The van der Waals surface area contributed by atoms with Crippen LogP contribution in [0.15, 0.2) is 84.9 Å². The van der Waals surface area contributed by atoms with Crippen LogP contribution in [0.25, 0.3) is 5.57 Å². The Morgan fingerprint density at radius 2 is 1.43 bits per heavy atom. The Labute approximate surface area is 180 Å². The number of nitrogens with zero attached hydrogens (tertiary/aromatic N) is 1. The van der Waals surface area contributed by atoms with Crippen molar-refractivity contribution in [2.45, 2.75) is 20.3 Å². The first-order chi connectivity index (χ1) is 14.7. The molecule has 0 aliphatic carbocycles. The van der Waals surface area contributed by atoms with Gasteiger partial charge in [-0.3, -0.25) is 0 Å². The fourth-order valence-corrected chi connectivity index (χ4v) is 3.44. The highest BCUT2D eigenvalue weighted by Gasteiger charge is 2.07. The molecule has 1 N–H and O–H groups in total. The third kappa shape index (κ3) is 6.23. The van der Waals surface area contributed by atoms with Crippen LogP contribution < -0.4 is 4.74 Å². The highest BCUT2D eigenvalue weighted by Crippen LogP contribution is 2.27. The largest absolute Gasteiger partial charge is 0.508 e. The predicted molar refractivity (Wildman–Crippen MR) is 125 cm³/mol. The number of allylic oxidation sites excluding steroid dienone is 1. The van der Waals surface area contributed by atoms with Gasteiger partial charge in [-0.2, -0.15) is 0 Å². The van der Waals surface area contributed by atoms with Crippen LogP contribution in [0.4, 0.5) is 0 Å². The van der Waals surface area contributed by atoms with Crippen molar-refractivity contribution in [1.29, 1.82) is 0 Å². The second-order valence-electron chi connectivity index (χ2n) is 7.25. The van der Waals surface area contributed by atoms with E-state index in [2.05, 4.69) is 61.2 Å². The molecule has 30 heavy (non-hydrogen) atoms. The molecule has 0 unspecified atom stereocenters. The molecule has 3 nitrogen and oxygen atoms in total. The number of phenols is 1. The monoisotopic (exact) mass is 401 g/mol.